The molecule has 1 aliphatic carbocycles. The molecule has 0 aromatic heterocycles. The first kappa shape index (κ1) is 8.77. The highest BCUT2D eigenvalue weighted by Gasteiger charge is 2.14. The van der Waals surface area contributed by atoms with Crippen LogP contribution in [0.5, 0.6) is 0 Å². The first-order chi connectivity index (χ1) is 5.74. The van der Waals surface area contributed by atoms with E-state index in [0.29, 0.717) is 17.9 Å². The Morgan fingerprint density at radius 3 is 3.08 bits per heavy atom. The van der Waals surface area contributed by atoms with Gasteiger partial charge in [0.25, 0.3) is 0 Å². The maximum absolute atomic E-state index is 10.6. The summed E-state index contributed by atoms with van der Waals surface area (Å²) in [6.45, 7) is 1.32. The summed E-state index contributed by atoms with van der Waals surface area (Å²) < 4.78 is 4.83. The second kappa shape index (κ2) is 3.90. The average Bonchev–Trinajstić information content (AvgIpc) is 2.04. The number of rotatable bonds is 1. The Morgan fingerprint density at radius 1 is 1.75 bits per heavy atom. The van der Waals surface area contributed by atoms with Gasteiger partial charge < -0.3 is 9.94 Å². The van der Waals surface area contributed by atoms with Gasteiger partial charge >= 0.3 is 5.97 Å². The third-order valence-corrected chi connectivity index (χ3v) is 1.61. The lowest BCUT2D eigenvalue weighted by Gasteiger charge is -2.12. The number of nitrogens with zero attached hydrogens (tertiary/aromatic N) is 1. The molecule has 0 bridgehead atoms. The molecular weight excluding hydrogens is 158 g/mol. The van der Waals surface area contributed by atoms with E-state index in [0.717, 1.165) is 12.8 Å². The number of oxime groups is 1. The van der Waals surface area contributed by atoms with E-state index in [1.165, 1.54) is 6.92 Å². The molecule has 1 rings (SSSR count). The van der Waals surface area contributed by atoms with Gasteiger partial charge in [-0.25, -0.2) is 0 Å². The van der Waals surface area contributed by atoms with E-state index in [9.17, 15) is 4.79 Å². The minimum absolute atomic E-state index is 0.385. The molecule has 0 aromatic carbocycles. The van der Waals surface area contributed by atoms with E-state index in [2.05, 4.69) is 5.16 Å². The van der Waals surface area contributed by atoms with Crippen molar-refractivity contribution in [1.82, 2.24) is 0 Å². The molecule has 0 unspecified atom stereocenters. The number of ether oxygens (including phenoxy) is 1. The van der Waals surface area contributed by atoms with Crippen LogP contribution in [0, 0.1) is 0 Å². The van der Waals surface area contributed by atoms with Crippen LogP contribution in [0.25, 0.3) is 0 Å². The first-order valence-corrected chi connectivity index (χ1v) is 3.84. The zero-order valence-electron chi connectivity index (χ0n) is 6.91. The number of carbonyl (C=O) groups excluding carboxylic acids is 1. The predicted octanol–water partition coefficient (Wildman–Crippen LogP) is 1.45. The van der Waals surface area contributed by atoms with Crippen LogP contribution >= 0.6 is 0 Å². The number of allylic oxidation sites excluding steroid dienone is 2. The molecule has 0 atom stereocenters. The quantitative estimate of drug-likeness (QED) is 0.367. The fraction of sp³-hybridized carbons (Fsp3) is 0.500. The molecule has 0 amide bonds. The van der Waals surface area contributed by atoms with Crippen molar-refractivity contribution in [2.45, 2.75) is 26.2 Å². The molecular formula is C8H11NO3. The molecule has 0 radical (unpaired) electrons. The number of hydrogen-bond donors (Lipinski definition) is 1. The SMILES string of the molecule is CC(=O)OC1=CCCC/C1=N\O. The van der Waals surface area contributed by atoms with Crippen molar-refractivity contribution in [3.63, 3.8) is 0 Å². The summed E-state index contributed by atoms with van der Waals surface area (Å²) in [5, 5.41) is 11.6. The summed E-state index contributed by atoms with van der Waals surface area (Å²) in [5.41, 5.74) is 0.455. The van der Waals surface area contributed by atoms with Gasteiger partial charge in [0.15, 0.2) is 5.76 Å². The highest BCUT2D eigenvalue weighted by Crippen LogP contribution is 2.16. The van der Waals surface area contributed by atoms with Crippen LogP contribution in [0.1, 0.15) is 26.2 Å². The summed E-state index contributed by atoms with van der Waals surface area (Å²) in [5.74, 6) is 0.0144. The van der Waals surface area contributed by atoms with Crippen molar-refractivity contribution >= 4 is 11.7 Å². The van der Waals surface area contributed by atoms with Crippen LogP contribution in [0.15, 0.2) is 17.0 Å². The van der Waals surface area contributed by atoms with E-state index in [1.54, 1.807) is 6.08 Å². The maximum atomic E-state index is 10.6. The van der Waals surface area contributed by atoms with Crippen LogP contribution in [0.4, 0.5) is 0 Å². The maximum Gasteiger partial charge on any atom is 0.308 e. The minimum atomic E-state index is -0.385. The van der Waals surface area contributed by atoms with E-state index in [1.807, 2.05) is 0 Å². The van der Waals surface area contributed by atoms with Crippen molar-refractivity contribution in [2.75, 3.05) is 0 Å². The number of hydrogen-bond acceptors (Lipinski definition) is 4. The van der Waals surface area contributed by atoms with Crippen LogP contribution < -0.4 is 0 Å². The zero-order chi connectivity index (χ0) is 8.97. The van der Waals surface area contributed by atoms with Gasteiger partial charge in [-0.1, -0.05) is 5.16 Å². The lowest BCUT2D eigenvalue weighted by Crippen LogP contribution is -2.13. The third kappa shape index (κ3) is 2.08. The van der Waals surface area contributed by atoms with E-state index in [4.69, 9.17) is 9.94 Å². The fourth-order valence-electron chi connectivity index (χ4n) is 1.10. The summed E-state index contributed by atoms with van der Waals surface area (Å²) in [6.07, 6.45) is 4.22. The van der Waals surface area contributed by atoms with Gasteiger partial charge in [-0.2, -0.15) is 0 Å². The van der Waals surface area contributed by atoms with Gasteiger partial charge in [-0.05, 0) is 25.3 Å². The van der Waals surface area contributed by atoms with Gasteiger partial charge in [0.1, 0.15) is 5.71 Å². The molecule has 0 aliphatic heterocycles. The second-order valence-electron chi connectivity index (χ2n) is 2.60. The van der Waals surface area contributed by atoms with Crippen molar-refractivity contribution < 1.29 is 14.7 Å². The second-order valence-corrected chi connectivity index (χ2v) is 2.60. The van der Waals surface area contributed by atoms with E-state index >= 15 is 0 Å². The lowest BCUT2D eigenvalue weighted by atomic mass is 10.0. The molecule has 1 aliphatic rings. The van der Waals surface area contributed by atoms with Gasteiger partial charge in [-0.15, -0.1) is 0 Å². The van der Waals surface area contributed by atoms with Crippen molar-refractivity contribution in [1.29, 1.82) is 0 Å². The lowest BCUT2D eigenvalue weighted by molar-refractivity contribution is -0.136. The monoisotopic (exact) mass is 169 g/mol. The van der Waals surface area contributed by atoms with Crippen LogP contribution in [0.2, 0.25) is 0 Å². The third-order valence-electron chi connectivity index (χ3n) is 1.61. The Balaban J connectivity index is 2.71. The Kier molecular flexibility index (Phi) is 2.85. The smallest absolute Gasteiger partial charge is 0.308 e. The van der Waals surface area contributed by atoms with Gasteiger partial charge in [0, 0.05) is 6.92 Å². The Labute approximate surface area is 70.5 Å². The topological polar surface area (TPSA) is 58.9 Å². The largest absolute Gasteiger partial charge is 0.425 e. The fourth-order valence-corrected chi connectivity index (χ4v) is 1.10. The van der Waals surface area contributed by atoms with E-state index in [-0.39, 0.29) is 5.97 Å². The highest BCUT2D eigenvalue weighted by atomic mass is 16.5. The van der Waals surface area contributed by atoms with Crippen LogP contribution in [-0.4, -0.2) is 16.9 Å². The standard InChI is InChI=1S/C8H11NO3/c1-6(10)12-8-5-3-2-4-7(8)9-11/h5,11H,2-4H2,1H3/b9-7+. The summed E-state index contributed by atoms with van der Waals surface area (Å²) in [7, 11) is 0. The predicted molar refractivity (Wildman–Crippen MR) is 42.9 cm³/mol. The molecule has 0 saturated heterocycles. The Hall–Kier alpha value is -1.32. The highest BCUT2D eigenvalue weighted by molar-refractivity contribution is 6.00. The molecule has 0 heterocycles. The number of carbonyl (C=O) groups is 1. The van der Waals surface area contributed by atoms with Gasteiger partial charge in [0.05, 0.1) is 0 Å². The molecule has 12 heavy (non-hydrogen) atoms. The molecule has 0 spiro atoms. The van der Waals surface area contributed by atoms with Crippen molar-refractivity contribution in [2.24, 2.45) is 5.16 Å². The summed E-state index contributed by atoms with van der Waals surface area (Å²) in [6, 6.07) is 0. The Bertz CT molecular complexity index is 243. The molecule has 66 valence electrons. The van der Waals surface area contributed by atoms with Crippen LogP contribution in [0.3, 0.4) is 0 Å². The van der Waals surface area contributed by atoms with Gasteiger partial charge in [0.2, 0.25) is 0 Å². The molecule has 0 saturated carbocycles. The molecule has 1 N–H and O–H groups in total. The average molecular weight is 169 g/mol. The summed E-state index contributed by atoms with van der Waals surface area (Å²) in [4.78, 5) is 10.6. The van der Waals surface area contributed by atoms with Gasteiger partial charge in [-0.3, -0.25) is 4.79 Å². The first-order valence-electron chi connectivity index (χ1n) is 3.84. The zero-order valence-corrected chi connectivity index (χ0v) is 6.91. The molecule has 0 aromatic rings. The van der Waals surface area contributed by atoms with Crippen molar-refractivity contribution in [3.8, 4) is 0 Å². The van der Waals surface area contributed by atoms with Crippen LogP contribution in [-0.2, 0) is 9.53 Å². The molecule has 0 fully saturated rings. The molecule has 4 nitrogen and oxygen atoms in total. The number of esters is 1. The Morgan fingerprint density at radius 2 is 2.50 bits per heavy atom. The van der Waals surface area contributed by atoms with Crippen molar-refractivity contribution in [3.05, 3.63) is 11.8 Å². The normalized spacial score (nSPS) is 20.4. The van der Waals surface area contributed by atoms with E-state index < -0.39 is 0 Å². The summed E-state index contributed by atoms with van der Waals surface area (Å²) >= 11 is 0. The molecule has 4 heteroatoms. The minimum Gasteiger partial charge on any atom is -0.425 e.